The molecule has 2 heterocycles. The molecule has 6 heteroatoms. The molecule has 0 unspecified atom stereocenters. The molecule has 1 N–H and O–H groups in total. The number of rotatable bonds is 6. The maximum atomic E-state index is 5.79. The van der Waals surface area contributed by atoms with Gasteiger partial charge in [-0.05, 0) is 18.1 Å². The Bertz CT molecular complexity index is 638. The maximum absolute atomic E-state index is 5.79. The van der Waals surface area contributed by atoms with Crippen LogP contribution in [0.5, 0.6) is 0 Å². The summed E-state index contributed by atoms with van der Waals surface area (Å²) in [4.78, 5) is 13.3. The summed E-state index contributed by atoms with van der Waals surface area (Å²) in [6.45, 7) is 7.53. The van der Waals surface area contributed by atoms with Crippen LogP contribution in [0.25, 0.3) is 0 Å². The number of nitrogens with one attached hydrogen (secondary N) is 1. The Balaban J connectivity index is 2.06. The zero-order chi connectivity index (χ0) is 16.9. The quantitative estimate of drug-likeness (QED) is 0.817. The highest BCUT2D eigenvalue weighted by Crippen LogP contribution is 2.20. The van der Waals surface area contributed by atoms with E-state index in [1.54, 1.807) is 19.4 Å². The van der Waals surface area contributed by atoms with E-state index in [1.807, 2.05) is 12.1 Å². The SMILES string of the molecule is COCc1cc(NCCc2ccc(Cl)nc2)nc(C(C)(C)C)n1. The van der Waals surface area contributed by atoms with Gasteiger partial charge in [0.1, 0.15) is 16.8 Å². The van der Waals surface area contributed by atoms with Crippen LogP contribution < -0.4 is 5.32 Å². The van der Waals surface area contributed by atoms with E-state index in [4.69, 9.17) is 16.3 Å². The maximum Gasteiger partial charge on any atom is 0.136 e. The predicted octanol–water partition coefficient (Wildman–Crippen LogP) is 3.62. The Hall–Kier alpha value is -1.72. The number of methoxy groups -OCH3 is 1. The summed E-state index contributed by atoms with van der Waals surface area (Å²) in [5, 5.41) is 3.86. The molecular weight excluding hydrogens is 312 g/mol. The van der Waals surface area contributed by atoms with Crippen molar-refractivity contribution in [3.8, 4) is 0 Å². The minimum Gasteiger partial charge on any atom is -0.378 e. The van der Waals surface area contributed by atoms with E-state index in [9.17, 15) is 0 Å². The first kappa shape index (κ1) is 17.6. The molecule has 0 atom stereocenters. The summed E-state index contributed by atoms with van der Waals surface area (Å²) in [6, 6.07) is 5.71. The number of ether oxygens (including phenoxy) is 1. The second-order valence-corrected chi connectivity index (χ2v) is 6.80. The number of hydrogen-bond donors (Lipinski definition) is 1. The van der Waals surface area contributed by atoms with Crippen molar-refractivity contribution < 1.29 is 4.74 Å². The van der Waals surface area contributed by atoms with Crippen LogP contribution in [0.15, 0.2) is 24.4 Å². The Morgan fingerprint density at radius 2 is 2.00 bits per heavy atom. The van der Waals surface area contributed by atoms with Crippen molar-refractivity contribution in [2.45, 2.75) is 39.2 Å². The van der Waals surface area contributed by atoms with Gasteiger partial charge in [0.15, 0.2) is 0 Å². The van der Waals surface area contributed by atoms with Gasteiger partial charge in [-0.2, -0.15) is 0 Å². The summed E-state index contributed by atoms with van der Waals surface area (Å²) in [5.74, 6) is 1.63. The first-order chi connectivity index (χ1) is 10.9. The lowest BCUT2D eigenvalue weighted by Crippen LogP contribution is -2.19. The van der Waals surface area contributed by atoms with Crippen LogP contribution in [-0.2, 0) is 23.2 Å². The van der Waals surface area contributed by atoms with Crippen LogP contribution >= 0.6 is 11.6 Å². The van der Waals surface area contributed by atoms with Gasteiger partial charge in [0.2, 0.25) is 0 Å². The number of aromatic nitrogens is 3. The van der Waals surface area contributed by atoms with Crippen molar-refractivity contribution in [3.63, 3.8) is 0 Å². The predicted molar refractivity (Wildman–Crippen MR) is 92.9 cm³/mol. The highest BCUT2D eigenvalue weighted by Gasteiger charge is 2.19. The average Bonchev–Trinajstić information content (AvgIpc) is 2.49. The molecule has 2 aromatic rings. The highest BCUT2D eigenvalue weighted by molar-refractivity contribution is 6.29. The van der Waals surface area contributed by atoms with Crippen LogP contribution in [0, 0.1) is 0 Å². The van der Waals surface area contributed by atoms with Gasteiger partial charge < -0.3 is 10.1 Å². The minimum atomic E-state index is -0.111. The Labute approximate surface area is 142 Å². The monoisotopic (exact) mass is 334 g/mol. The van der Waals surface area contributed by atoms with E-state index in [0.717, 1.165) is 35.9 Å². The molecule has 2 rings (SSSR count). The fourth-order valence-electron chi connectivity index (χ4n) is 2.03. The van der Waals surface area contributed by atoms with E-state index < -0.39 is 0 Å². The molecule has 0 spiro atoms. The fourth-order valence-corrected chi connectivity index (χ4v) is 2.15. The topological polar surface area (TPSA) is 59.9 Å². The van der Waals surface area contributed by atoms with Crippen LogP contribution in [0.2, 0.25) is 5.15 Å². The number of hydrogen-bond acceptors (Lipinski definition) is 5. The van der Waals surface area contributed by atoms with Crippen molar-refractivity contribution in [1.29, 1.82) is 0 Å². The van der Waals surface area contributed by atoms with Crippen LogP contribution in [-0.4, -0.2) is 28.6 Å². The van der Waals surface area contributed by atoms with Gasteiger partial charge in [0.05, 0.1) is 12.3 Å². The first-order valence-electron chi connectivity index (χ1n) is 7.60. The van der Waals surface area contributed by atoms with Crippen LogP contribution in [0.1, 0.15) is 37.9 Å². The molecule has 23 heavy (non-hydrogen) atoms. The summed E-state index contributed by atoms with van der Waals surface area (Å²) >= 11 is 5.79. The number of anilines is 1. The molecular formula is C17H23ClN4O. The van der Waals surface area contributed by atoms with Gasteiger partial charge in [-0.25, -0.2) is 15.0 Å². The molecule has 2 aromatic heterocycles. The molecule has 0 aliphatic rings. The van der Waals surface area contributed by atoms with Crippen LogP contribution in [0.3, 0.4) is 0 Å². The van der Waals surface area contributed by atoms with Crippen LogP contribution in [0.4, 0.5) is 5.82 Å². The van der Waals surface area contributed by atoms with Gasteiger partial charge in [-0.1, -0.05) is 38.4 Å². The zero-order valence-electron chi connectivity index (χ0n) is 14.1. The largest absolute Gasteiger partial charge is 0.378 e. The first-order valence-corrected chi connectivity index (χ1v) is 7.98. The molecule has 0 aromatic carbocycles. The molecule has 124 valence electrons. The van der Waals surface area contributed by atoms with E-state index in [2.05, 4.69) is 41.0 Å². The third-order valence-electron chi connectivity index (χ3n) is 3.25. The second kappa shape index (κ2) is 7.70. The van der Waals surface area contributed by atoms with E-state index in [1.165, 1.54) is 0 Å². The van der Waals surface area contributed by atoms with Gasteiger partial charge in [0.25, 0.3) is 0 Å². The summed E-state index contributed by atoms with van der Waals surface area (Å²) < 4.78 is 5.20. The summed E-state index contributed by atoms with van der Waals surface area (Å²) in [7, 11) is 1.67. The molecule has 5 nitrogen and oxygen atoms in total. The van der Waals surface area contributed by atoms with Gasteiger partial charge in [0, 0.05) is 31.3 Å². The van der Waals surface area contributed by atoms with E-state index in [-0.39, 0.29) is 5.41 Å². The van der Waals surface area contributed by atoms with Crippen molar-refractivity contribution in [2.75, 3.05) is 19.0 Å². The van der Waals surface area contributed by atoms with Crippen molar-refractivity contribution >= 4 is 17.4 Å². The Kier molecular flexibility index (Phi) is 5.91. The smallest absolute Gasteiger partial charge is 0.136 e. The van der Waals surface area contributed by atoms with Gasteiger partial charge in [-0.3, -0.25) is 0 Å². The molecule has 0 saturated carbocycles. The average molecular weight is 335 g/mol. The normalized spacial score (nSPS) is 11.5. The Morgan fingerprint density at radius 1 is 1.22 bits per heavy atom. The molecule has 0 radical (unpaired) electrons. The Morgan fingerprint density at radius 3 is 2.61 bits per heavy atom. The summed E-state index contributed by atoms with van der Waals surface area (Å²) in [5.41, 5.74) is 1.90. The van der Waals surface area contributed by atoms with Crippen molar-refractivity contribution in [3.05, 3.63) is 46.6 Å². The molecule has 0 fully saturated rings. The highest BCUT2D eigenvalue weighted by atomic mass is 35.5. The lowest BCUT2D eigenvalue weighted by Gasteiger charge is -2.19. The van der Waals surface area contributed by atoms with Gasteiger partial charge >= 0.3 is 0 Å². The number of halogens is 1. The molecule has 0 amide bonds. The second-order valence-electron chi connectivity index (χ2n) is 6.42. The molecule has 0 aliphatic heterocycles. The molecule has 0 aliphatic carbocycles. The summed E-state index contributed by atoms with van der Waals surface area (Å²) in [6.07, 6.45) is 2.64. The third kappa shape index (κ3) is 5.44. The lowest BCUT2D eigenvalue weighted by molar-refractivity contribution is 0.181. The van der Waals surface area contributed by atoms with E-state index >= 15 is 0 Å². The zero-order valence-corrected chi connectivity index (χ0v) is 14.8. The fraction of sp³-hybridized carbons (Fsp3) is 0.471. The van der Waals surface area contributed by atoms with Crippen molar-refractivity contribution in [1.82, 2.24) is 15.0 Å². The third-order valence-corrected chi connectivity index (χ3v) is 3.47. The van der Waals surface area contributed by atoms with Gasteiger partial charge in [-0.15, -0.1) is 0 Å². The minimum absolute atomic E-state index is 0.111. The number of pyridine rings is 1. The van der Waals surface area contributed by atoms with E-state index in [0.29, 0.717) is 11.8 Å². The number of nitrogens with zero attached hydrogens (tertiary/aromatic N) is 3. The molecule has 0 bridgehead atoms. The lowest BCUT2D eigenvalue weighted by atomic mass is 9.95. The van der Waals surface area contributed by atoms with Crippen molar-refractivity contribution in [2.24, 2.45) is 0 Å². The molecule has 0 saturated heterocycles. The standard InChI is InChI=1S/C17H23ClN4O/c1-17(2,3)16-21-13(11-23-4)9-15(22-16)19-8-7-12-5-6-14(18)20-10-12/h5-6,9-10H,7-8,11H2,1-4H3,(H,19,21,22).